The molecule has 2 aliphatic carbocycles. The highest BCUT2D eigenvalue weighted by Gasteiger charge is 2.66. The smallest absolute Gasteiger partial charge is 0.191 e. The van der Waals surface area contributed by atoms with Gasteiger partial charge in [-0.05, 0) is 19.3 Å². The highest BCUT2D eigenvalue weighted by Crippen LogP contribution is 2.62. The van der Waals surface area contributed by atoms with Gasteiger partial charge in [-0.25, -0.2) is 4.98 Å². The number of guanidine groups is 1. The van der Waals surface area contributed by atoms with E-state index in [1.54, 1.807) is 0 Å². The van der Waals surface area contributed by atoms with Crippen LogP contribution in [0.15, 0.2) is 46.1 Å². The Labute approximate surface area is 159 Å². The van der Waals surface area contributed by atoms with E-state index >= 15 is 0 Å². The maximum Gasteiger partial charge on any atom is 0.191 e. The lowest BCUT2D eigenvalue weighted by Gasteiger charge is -2.63. The maximum atomic E-state index is 6.02. The summed E-state index contributed by atoms with van der Waals surface area (Å²) in [6, 6.07) is 10.5. The average molecular weight is 366 g/mol. The third-order valence-corrected chi connectivity index (χ3v) is 6.65. The molecule has 0 bridgehead atoms. The van der Waals surface area contributed by atoms with Gasteiger partial charge in [-0.3, -0.25) is 4.99 Å². The first-order valence-corrected chi connectivity index (χ1v) is 9.88. The van der Waals surface area contributed by atoms with Crippen LogP contribution >= 0.6 is 0 Å². The molecule has 3 atom stereocenters. The minimum Gasteiger partial charge on any atom is -0.443 e. The minimum atomic E-state index is 0.335. The molecule has 3 unspecified atom stereocenters. The van der Waals surface area contributed by atoms with Gasteiger partial charge in [0, 0.05) is 36.6 Å². The van der Waals surface area contributed by atoms with Crippen LogP contribution in [0.5, 0.6) is 0 Å². The third kappa shape index (κ3) is 2.65. The Bertz CT molecular complexity index is 828. The van der Waals surface area contributed by atoms with Gasteiger partial charge in [0.15, 0.2) is 18.1 Å². The molecule has 1 saturated heterocycles. The van der Waals surface area contributed by atoms with Crippen molar-refractivity contribution in [3.63, 3.8) is 0 Å². The van der Waals surface area contributed by atoms with Crippen molar-refractivity contribution in [1.29, 1.82) is 0 Å². The van der Waals surface area contributed by atoms with Gasteiger partial charge in [0.1, 0.15) is 5.69 Å². The summed E-state index contributed by atoms with van der Waals surface area (Å²) in [5.41, 5.74) is 2.26. The third-order valence-electron chi connectivity index (χ3n) is 6.65. The highest BCUT2D eigenvalue weighted by molar-refractivity contribution is 5.80. The fraction of sp³-hybridized carbons (Fsp3) is 0.524. The Morgan fingerprint density at radius 1 is 1.30 bits per heavy atom. The van der Waals surface area contributed by atoms with E-state index < -0.39 is 0 Å². The first kappa shape index (κ1) is 16.8. The van der Waals surface area contributed by atoms with Crippen molar-refractivity contribution in [1.82, 2.24) is 15.6 Å². The molecular weight excluding hydrogens is 340 g/mol. The van der Waals surface area contributed by atoms with Gasteiger partial charge in [0.25, 0.3) is 0 Å². The van der Waals surface area contributed by atoms with Crippen LogP contribution in [-0.2, 0) is 11.3 Å². The second-order valence-corrected chi connectivity index (χ2v) is 7.87. The van der Waals surface area contributed by atoms with Crippen molar-refractivity contribution in [2.75, 3.05) is 13.7 Å². The molecule has 27 heavy (non-hydrogen) atoms. The molecule has 2 N–H and O–H groups in total. The Hall–Kier alpha value is -2.34. The number of aliphatic imine (C=N–C) groups is 1. The molecule has 1 aromatic carbocycles. The molecule has 2 heterocycles. The van der Waals surface area contributed by atoms with Crippen molar-refractivity contribution in [3.05, 3.63) is 42.4 Å². The number of rotatable bonds is 4. The first-order chi connectivity index (χ1) is 13.3. The second-order valence-electron chi connectivity index (χ2n) is 7.87. The summed E-state index contributed by atoms with van der Waals surface area (Å²) >= 11 is 0. The van der Waals surface area contributed by atoms with E-state index in [9.17, 15) is 0 Å². The zero-order valence-corrected chi connectivity index (χ0v) is 15.6. The minimum absolute atomic E-state index is 0.335. The van der Waals surface area contributed by atoms with Crippen LogP contribution in [0.3, 0.4) is 0 Å². The number of aromatic nitrogens is 1. The number of ether oxygens (including phenoxy) is 1. The van der Waals surface area contributed by atoms with E-state index in [1.165, 1.54) is 25.7 Å². The van der Waals surface area contributed by atoms with Crippen LogP contribution in [0.1, 0.15) is 31.4 Å². The van der Waals surface area contributed by atoms with Gasteiger partial charge >= 0.3 is 0 Å². The molecule has 1 aliphatic heterocycles. The normalized spacial score (nSPS) is 28.3. The first-order valence-electron chi connectivity index (χ1n) is 9.88. The summed E-state index contributed by atoms with van der Waals surface area (Å²) in [6.07, 6.45) is 6.97. The predicted molar refractivity (Wildman–Crippen MR) is 103 cm³/mol. The summed E-state index contributed by atoms with van der Waals surface area (Å²) in [7, 11) is 1.82. The van der Waals surface area contributed by atoms with Gasteiger partial charge in [-0.15, -0.1) is 0 Å². The largest absolute Gasteiger partial charge is 0.443 e. The molecule has 0 radical (unpaired) electrons. The van der Waals surface area contributed by atoms with E-state index in [1.807, 2.05) is 37.4 Å². The van der Waals surface area contributed by atoms with Crippen LogP contribution < -0.4 is 10.6 Å². The average Bonchev–Trinajstić information content (AvgIpc) is 3.29. The summed E-state index contributed by atoms with van der Waals surface area (Å²) in [4.78, 5) is 8.83. The van der Waals surface area contributed by atoms with Crippen LogP contribution in [0.4, 0.5) is 0 Å². The molecule has 3 fully saturated rings. The standard InChI is InChI=1S/C21H26N4O2/c1-22-20(25-18-15-8-11-26-19(15)21(18)9-5-10-21)23-12-16-17(27-13-24-16)14-6-3-2-4-7-14/h2-4,6-7,13,15,18-19H,5,8-12H2,1H3,(H2,22,23,25). The van der Waals surface area contributed by atoms with E-state index in [2.05, 4.69) is 20.6 Å². The summed E-state index contributed by atoms with van der Waals surface area (Å²) in [5, 5.41) is 7.11. The van der Waals surface area contributed by atoms with Crippen molar-refractivity contribution in [2.45, 2.75) is 44.4 Å². The maximum absolute atomic E-state index is 6.02. The van der Waals surface area contributed by atoms with Crippen molar-refractivity contribution >= 4 is 5.96 Å². The topological polar surface area (TPSA) is 71.7 Å². The molecule has 142 valence electrons. The molecule has 1 spiro atoms. The highest BCUT2D eigenvalue weighted by atomic mass is 16.5. The molecule has 0 amide bonds. The quantitative estimate of drug-likeness (QED) is 0.643. The van der Waals surface area contributed by atoms with Crippen molar-refractivity contribution in [3.8, 4) is 11.3 Å². The number of hydrogen-bond donors (Lipinski definition) is 2. The van der Waals surface area contributed by atoms with E-state index in [4.69, 9.17) is 9.15 Å². The van der Waals surface area contributed by atoms with Crippen molar-refractivity contribution in [2.24, 2.45) is 16.3 Å². The zero-order valence-electron chi connectivity index (χ0n) is 15.6. The fourth-order valence-electron chi connectivity index (χ4n) is 5.18. The number of oxazole rings is 1. The summed E-state index contributed by atoms with van der Waals surface area (Å²) in [6.45, 7) is 1.48. The Morgan fingerprint density at radius 3 is 2.89 bits per heavy atom. The number of nitrogens with one attached hydrogen (secondary N) is 2. The van der Waals surface area contributed by atoms with E-state index in [0.29, 0.717) is 30.0 Å². The monoisotopic (exact) mass is 366 g/mol. The predicted octanol–water partition coefficient (Wildman–Crippen LogP) is 2.96. The lowest BCUT2D eigenvalue weighted by Crippen LogP contribution is -2.72. The van der Waals surface area contributed by atoms with Gasteiger partial charge < -0.3 is 19.8 Å². The molecule has 6 nitrogen and oxygen atoms in total. The molecule has 3 aliphatic rings. The van der Waals surface area contributed by atoms with Gasteiger partial charge in [0.05, 0.1) is 12.6 Å². The number of hydrogen-bond acceptors (Lipinski definition) is 4. The number of benzene rings is 1. The fourth-order valence-corrected chi connectivity index (χ4v) is 5.18. The number of nitrogens with zero attached hydrogens (tertiary/aromatic N) is 2. The Kier molecular flexibility index (Phi) is 4.16. The molecule has 2 aromatic rings. The molecule has 6 heteroatoms. The Balaban J connectivity index is 1.26. The van der Waals surface area contributed by atoms with Gasteiger partial charge in [-0.2, -0.15) is 0 Å². The molecule has 5 rings (SSSR count). The van der Waals surface area contributed by atoms with Crippen LogP contribution in [-0.4, -0.2) is 36.7 Å². The Morgan fingerprint density at radius 2 is 2.15 bits per heavy atom. The van der Waals surface area contributed by atoms with Gasteiger partial charge in [-0.1, -0.05) is 36.8 Å². The lowest BCUT2D eigenvalue weighted by molar-refractivity contribution is -0.171. The van der Waals surface area contributed by atoms with Crippen LogP contribution in [0, 0.1) is 11.3 Å². The van der Waals surface area contributed by atoms with Crippen molar-refractivity contribution < 1.29 is 9.15 Å². The zero-order chi connectivity index (χ0) is 18.3. The SMILES string of the molecule is CN=C(NCc1ncoc1-c1ccccc1)NC1C2CCOC2C12CCC2. The van der Waals surface area contributed by atoms with E-state index in [-0.39, 0.29) is 0 Å². The lowest BCUT2D eigenvalue weighted by atomic mass is 9.46. The van der Waals surface area contributed by atoms with Crippen LogP contribution in [0.2, 0.25) is 0 Å². The van der Waals surface area contributed by atoms with Crippen LogP contribution in [0.25, 0.3) is 11.3 Å². The molecule has 1 aromatic heterocycles. The van der Waals surface area contributed by atoms with E-state index in [0.717, 1.165) is 36.0 Å². The second kappa shape index (κ2) is 6.68. The molecule has 2 saturated carbocycles. The summed E-state index contributed by atoms with van der Waals surface area (Å²) < 4.78 is 11.6. The summed E-state index contributed by atoms with van der Waals surface area (Å²) in [5.74, 6) is 2.26. The number of fused-ring (bicyclic) bond motifs is 2. The molecular formula is C21H26N4O2. The van der Waals surface area contributed by atoms with Gasteiger partial charge in [0.2, 0.25) is 0 Å².